The molecule has 1 aromatic rings. The van der Waals surface area contributed by atoms with Gasteiger partial charge >= 0.3 is 0 Å². The van der Waals surface area contributed by atoms with Gasteiger partial charge in [0.15, 0.2) is 0 Å². The van der Waals surface area contributed by atoms with Gasteiger partial charge < -0.3 is 10.4 Å². The highest BCUT2D eigenvalue weighted by Gasteiger charge is 2.01. The van der Waals surface area contributed by atoms with Gasteiger partial charge in [0, 0.05) is 25.4 Å². The van der Waals surface area contributed by atoms with Gasteiger partial charge in [0.2, 0.25) is 5.91 Å². The molecular formula is C12H15FN2O2. The van der Waals surface area contributed by atoms with E-state index >= 15 is 0 Å². The van der Waals surface area contributed by atoms with Crippen LogP contribution < -0.4 is 5.32 Å². The van der Waals surface area contributed by atoms with Crippen molar-refractivity contribution in [3.05, 3.63) is 35.9 Å². The van der Waals surface area contributed by atoms with Gasteiger partial charge in [-0.2, -0.15) is 0 Å². The van der Waals surface area contributed by atoms with E-state index in [1.807, 2.05) is 6.92 Å². The largest absolute Gasteiger partial charge is 0.396 e. The van der Waals surface area contributed by atoms with Crippen LogP contribution in [0.3, 0.4) is 0 Å². The third-order valence-corrected chi connectivity index (χ3v) is 2.09. The van der Waals surface area contributed by atoms with Crippen molar-refractivity contribution >= 4 is 12.0 Å². The zero-order valence-corrected chi connectivity index (χ0v) is 9.56. The van der Waals surface area contributed by atoms with Crippen LogP contribution >= 0.6 is 0 Å². The summed E-state index contributed by atoms with van der Waals surface area (Å²) in [5, 5.41) is 11.4. The fraction of sp³-hybridized carbons (Fsp3) is 0.333. The number of pyridine rings is 1. The molecule has 5 heteroatoms. The molecule has 92 valence electrons. The second-order valence-corrected chi connectivity index (χ2v) is 3.80. The van der Waals surface area contributed by atoms with Gasteiger partial charge in [0.1, 0.15) is 5.82 Å². The topological polar surface area (TPSA) is 62.2 Å². The zero-order valence-electron chi connectivity index (χ0n) is 9.56. The van der Waals surface area contributed by atoms with Gasteiger partial charge in [-0.1, -0.05) is 6.92 Å². The first-order valence-corrected chi connectivity index (χ1v) is 5.29. The van der Waals surface area contributed by atoms with Gasteiger partial charge in [-0.05, 0) is 23.6 Å². The van der Waals surface area contributed by atoms with Crippen LogP contribution in [0.4, 0.5) is 4.39 Å². The van der Waals surface area contributed by atoms with Crippen molar-refractivity contribution in [2.75, 3.05) is 13.2 Å². The Hall–Kier alpha value is -1.75. The van der Waals surface area contributed by atoms with Crippen LogP contribution in [0.15, 0.2) is 24.5 Å². The second kappa shape index (κ2) is 6.75. The lowest BCUT2D eigenvalue weighted by Gasteiger charge is -2.07. The average molecular weight is 238 g/mol. The molecule has 0 bridgehead atoms. The van der Waals surface area contributed by atoms with Crippen LogP contribution in [0, 0.1) is 11.7 Å². The molecule has 0 aromatic carbocycles. The molecule has 1 atom stereocenters. The highest BCUT2D eigenvalue weighted by Crippen LogP contribution is 2.02. The Bertz CT molecular complexity index is 407. The van der Waals surface area contributed by atoms with Gasteiger partial charge in [-0.3, -0.25) is 9.78 Å². The van der Waals surface area contributed by atoms with Crippen molar-refractivity contribution in [2.24, 2.45) is 5.92 Å². The number of rotatable bonds is 5. The summed E-state index contributed by atoms with van der Waals surface area (Å²) >= 11 is 0. The SMILES string of the molecule is CC(CO)CNC(=O)/C=C/c1cncc(F)c1. The van der Waals surface area contributed by atoms with Crippen molar-refractivity contribution < 1.29 is 14.3 Å². The molecule has 0 spiro atoms. The molecular weight excluding hydrogens is 223 g/mol. The first-order chi connectivity index (χ1) is 8.11. The van der Waals surface area contributed by atoms with Crippen LogP contribution in [0.1, 0.15) is 12.5 Å². The molecule has 1 aromatic heterocycles. The predicted molar refractivity (Wildman–Crippen MR) is 62.5 cm³/mol. The molecule has 17 heavy (non-hydrogen) atoms. The molecule has 1 unspecified atom stereocenters. The van der Waals surface area contributed by atoms with Crippen LogP contribution in [0.25, 0.3) is 6.08 Å². The number of nitrogens with zero attached hydrogens (tertiary/aromatic N) is 1. The first-order valence-electron chi connectivity index (χ1n) is 5.29. The van der Waals surface area contributed by atoms with Crippen LogP contribution in [-0.2, 0) is 4.79 Å². The lowest BCUT2D eigenvalue weighted by Crippen LogP contribution is -2.27. The minimum absolute atomic E-state index is 0.0168. The Kier molecular flexibility index (Phi) is 5.29. The molecule has 1 heterocycles. The minimum atomic E-state index is -0.443. The molecule has 0 aliphatic heterocycles. The van der Waals surface area contributed by atoms with Crippen molar-refractivity contribution in [3.63, 3.8) is 0 Å². The third-order valence-electron chi connectivity index (χ3n) is 2.09. The summed E-state index contributed by atoms with van der Waals surface area (Å²) in [6.07, 6.45) is 5.35. The molecule has 2 N–H and O–H groups in total. The average Bonchev–Trinajstić information content (AvgIpc) is 2.33. The first kappa shape index (κ1) is 13.3. The highest BCUT2D eigenvalue weighted by molar-refractivity contribution is 5.91. The number of nitrogens with one attached hydrogen (secondary N) is 1. The lowest BCUT2D eigenvalue weighted by atomic mass is 10.2. The maximum absolute atomic E-state index is 12.8. The number of aromatic nitrogens is 1. The number of hydrogen-bond acceptors (Lipinski definition) is 3. The van der Waals surface area contributed by atoms with Gasteiger partial charge in [-0.25, -0.2) is 4.39 Å². The molecule has 0 aliphatic rings. The molecule has 0 saturated heterocycles. The molecule has 4 nitrogen and oxygen atoms in total. The van der Waals surface area contributed by atoms with Crippen LogP contribution in [-0.4, -0.2) is 29.1 Å². The van der Waals surface area contributed by atoms with Crippen LogP contribution in [0.5, 0.6) is 0 Å². The van der Waals surface area contributed by atoms with E-state index in [1.54, 1.807) is 0 Å². The number of carbonyl (C=O) groups excluding carboxylic acids is 1. The van der Waals surface area contributed by atoms with E-state index in [2.05, 4.69) is 10.3 Å². The highest BCUT2D eigenvalue weighted by atomic mass is 19.1. The van der Waals surface area contributed by atoms with E-state index in [4.69, 9.17) is 5.11 Å². The summed E-state index contributed by atoms with van der Waals surface area (Å²) in [4.78, 5) is 15.0. The van der Waals surface area contributed by atoms with E-state index in [-0.39, 0.29) is 18.4 Å². The van der Waals surface area contributed by atoms with Crippen molar-refractivity contribution in [3.8, 4) is 0 Å². The number of halogens is 1. The Morgan fingerprint density at radius 3 is 3.06 bits per heavy atom. The second-order valence-electron chi connectivity index (χ2n) is 3.80. The smallest absolute Gasteiger partial charge is 0.244 e. The summed E-state index contributed by atoms with van der Waals surface area (Å²) in [5.74, 6) is -0.709. The Morgan fingerprint density at radius 2 is 2.41 bits per heavy atom. The van der Waals surface area contributed by atoms with E-state index in [9.17, 15) is 9.18 Å². The Labute approximate surface area is 99.2 Å². The summed E-state index contributed by atoms with van der Waals surface area (Å²) in [5.41, 5.74) is 0.523. The van der Waals surface area contributed by atoms with Gasteiger partial charge in [0.05, 0.1) is 6.20 Å². The maximum atomic E-state index is 12.8. The molecule has 1 rings (SSSR count). The monoisotopic (exact) mass is 238 g/mol. The molecule has 0 radical (unpaired) electrons. The van der Waals surface area contributed by atoms with Crippen molar-refractivity contribution in [1.29, 1.82) is 0 Å². The fourth-order valence-electron chi connectivity index (χ4n) is 1.09. The Morgan fingerprint density at radius 1 is 1.65 bits per heavy atom. The van der Waals surface area contributed by atoms with E-state index in [1.165, 1.54) is 24.4 Å². The third kappa shape index (κ3) is 5.21. The number of carbonyl (C=O) groups is 1. The van der Waals surface area contributed by atoms with E-state index < -0.39 is 5.82 Å². The lowest BCUT2D eigenvalue weighted by molar-refractivity contribution is -0.116. The fourth-order valence-corrected chi connectivity index (χ4v) is 1.09. The van der Waals surface area contributed by atoms with Crippen LogP contribution in [0.2, 0.25) is 0 Å². The Balaban J connectivity index is 2.45. The normalized spacial score (nSPS) is 12.6. The minimum Gasteiger partial charge on any atom is -0.396 e. The standard InChI is InChI=1S/C12H15FN2O2/c1-9(8-16)5-15-12(17)3-2-10-4-11(13)7-14-6-10/h2-4,6-7,9,16H,5,8H2,1H3,(H,15,17)/b3-2+. The van der Waals surface area contributed by atoms with E-state index in [0.717, 1.165) is 6.20 Å². The summed E-state index contributed by atoms with van der Waals surface area (Å²) in [6.45, 7) is 2.25. The predicted octanol–water partition coefficient (Wildman–Crippen LogP) is 0.979. The van der Waals surface area contributed by atoms with Gasteiger partial charge in [0.25, 0.3) is 0 Å². The summed E-state index contributed by atoms with van der Waals surface area (Å²) < 4.78 is 12.8. The van der Waals surface area contributed by atoms with E-state index in [0.29, 0.717) is 12.1 Å². The number of aliphatic hydroxyl groups excluding tert-OH is 1. The van der Waals surface area contributed by atoms with Crippen molar-refractivity contribution in [2.45, 2.75) is 6.92 Å². The van der Waals surface area contributed by atoms with Gasteiger partial charge in [-0.15, -0.1) is 0 Å². The quantitative estimate of drug-likeness (QED) is 0.752. The molecule has 1 amide bonds. The number of hydrogen-bond donors (Lipinski definition) is 2. The zero-order chi connectivity index (χ0) is 12.7. The summed E-state index contributed by atoms with van der Waals surface area (Å²) in [6, 6.07) is 1.28. The number of aliphatic hydroxyl groups is 1. The summed E-state index contributed by atoms with van der Waals surface area (Å²) in [7, 11) is 0. The molecule has 0 aliphatic carbocycles. The maximum Gasteiger partial charge on any atom is 0.244 e. The molecule has 0 fully saturated rings. The number of amides is 1. The molecule has 0 saturated carbocycles. The van der Waals surface area contributed by atoms with Crippen molar-refractivity contribution in [1.82, 2.24) is 10.3 Å².